The number of likely N-dealkylation sites (tertiary alicyclic amines) is 1. The molecular weight excluding hydrogens is 311 g/mol. The lowest BCUT2D eigenvalue weighted by molar-refractivity contribution is -0.0215. The third kappa shape index (κ3) is 3.97. The first-order chi connectivity index (χ1) is 11.2. The topological polar surface area (TPSA) is 25.4 Å². The van der Waals surface area contributed by atoms with Gasteiger partial charge >= 0.3 is 0 Å². The molecule has 5 heteroatoms. The van der Waals surface area contributed by atoms with Crippen molar-refractivity contribution in [2.75, 3.05) is 13.7 Å². The zero-order valence-electron chi connectivity index (χ0n) is 13.7. The van der Waals surface area contributed by atoms with Crippen LogP contribution in [0, 0.1) is 12.7 Å². The Kier molecular flexibility index (Phi) is 5.41. The zero-order valence-corrected chi connectivity index (χ0v) is 14.5. The van der Waals surface area contributed by atoms with Crippen LogP contribution in [0.4, 0.5) is 4.39 Å². The van der Waals surface area contributed by atoms with Gasteiger partial charge in [-0.3, -0.25) is 4.90 Å². The van der Waals surface area contributed by atoms with Gasteiger partial charge in [0.1, 0.15) is 5.82 Å². The highest BCUT2D eigenvalue weighted by atomic mass is 32.1. The Labute approximate surface area is 141 Å². The summed E-state index contributed by atoms with van der Waals surface area (Å²) < 4.78 is 19.2. The fourth-order valence-electron chi connectivity index (χ4n) is 3.39. The van der Waals surface area contributed by atoms with E-state index in [2.05, 4.69) is 16.8 Å². The smallest absolute Gasteiger partial charge is 0.123 e. The van der Waals surface area contributed by atoms with Crippen LogP contribution in [0.25, 0.3) is 0 Å². The number of rotatable bonds is 5. The van der Waals surface area contributed by atoms with Gasteiger partial charge in [0.05, 0.1) is 17.3 Å². The summed E-state index contributed by atoms with van der Waals surface area (Å²) in [6.45, 7) is 4.01. The lowest BCUT2D eigenvalue weighted by atomic mass is 9.92. The van der Waals surface area contributed by atoms with E-state index in [1.165, 1.54) is 10.9 Å². The normalized spacial score (nSPS) is 22.4. The molecule has 3 nitrogen and oxygen atoms in total. The predicted molar refractivity (Wildman–Crippen MR) is 91.2 cm³/mol. The number of hydrogen-bond donors (Lipinski definition) is 0. The van der Waals surface area contributed by atoms with E-state index < -0.39 is 0 Å². The monoisotopic (exact) mass is 334 g/mol. The van der Waals surface area contributed by atoms with E-state index in [1.54, 1.807) is 30.6 Å². The minimum absolute atomic E-state index is 0.169. The van der Waals surface area contributed by atoms with Gasteiger partial charge in [-0.1, -0.05) is 12.1 Å². The second kappa shape index (κ2) is 7.51. The molecule has 0 aliphatic carbocycles. The summed E-state index contributed by atoms with van der Waals surface area (Å²) in [5.41, 5.74) is 4.05. The third-order valence-corrected chi connectivity index (χ3v) is 5.58. The summed E-state index contributed by atoms with van der Waals surface area (Å²) in [5, 5.41) is 0. The molecule has 1 aromatic carbocycles. The number of methoxy groups -OCH3 is 1. The van der Waals surface area contributed by atoms with Crippen molar-refractivity contribution in [3.8, 4) is 0 Å². The highest BCUT2D eigenvalue weighted by Gasteiger charge is 2.32. The molecule has 0 bridgehead atoms. The Morgan fingerprint density at radius 3 is 3.00 bits per heavy atom. The van der Waals surface area contributed by atoms with Crippen molar-refractivity contribution in [1.82, 2.24) is 9.88 Å². The first-order valence-corrected chi connectivity index (χ1v) is 8.95. The summed E-state index contributed by atoms with van der Waals surface area (Å²) in [6, 6.07) is 7.19. The number of hydrogen-bond acceptors (Lipinski definition) is 4. The summed E-state index contributed by atoms with van der Waals surface area (Å²) in [4.78, 5) is 8.14. The Balaban J connectivity index is 1.79. The summed E-state index contributed by atoms with van der Waals surface area (Å²) >= 11 is 1.71. The van der Waals surface area contributed by atoms with Crippen molar-refractivity contribution in [2.45, 2.75) is 44.9 Å². The quantitative estimate of drug-likeness (QED) is 0.831. The van der Waals surface area contributed by atoms with Crippen LogP contribution in [0.1, 0.15) is 29.0 Å². The van der Waals surface area contributed by atoms with Crippen LogP contribution in [-0.4, -0.2) is 35.7 Å². The molecule has 0 unspecified atom stereocenters. The van der Waals surface area contributed by atoms with Gasteiger partial charge < -0.3 is 4.74 Å². The van der Waals surface area contributed by atoms with Crippen LogP contribution >= 0.6 is 11.3 Å². The average molecular weight is 334 g/mol. The molecule has 2 aromatic rings. The number of ether oxygens (including phenoxy) is 1. The number of nitrogens with zero attached hydrogens (tertiary/aromatic N) is 2. The molecule has 3 rings (SSSR count). The molecule has 124 valence electrons. The molecule has 0 radical (unpaired) electrons. The molecule has 1 fully saturated rings. The van der Waals surface area contributed by atoms with Gasteiger partial charge in [-0.15, -0.1) is 11.3 Å². The third-order valence-electron chi connectivity index (χ3n) is 4.66. The first-order valence-electron chi connectivity index (χ1n) is 8.07. The number of thiazole rings is 1. The fourth-order valence-corrected chi connectivity index (χ4v) is 4.19. The van der Waals surface area contributed by atoms with Gasteiger partial charge in [0.2, 0.25) is 0 Å². The fraction of sp³-hybridized carbons (Fsp3) is 0.500. The van der Waals surface area contributed by atoms with Crippen LogP contribution in [-0.2, 0) is 17.7 Å². The van der Waals surface area contributed by atoms with E-state index >= 15 is 0 Å². The highest BCUT2D eigenvalue weighted by Crippen LogP contribution is 2.27. The standard InChI is InChI=1S/C18H23FN2OS/c1-13-18(23-12-20-13)11-21-8-4-7-17(22-2)16(21)10-14-5-3-6-15(19)9-14/h3,5-6,9,12,16-17H,4,7-8,10-11H2,1-2H3/t16-,17-/m0/s1. The van der Waals surface area contributed by atoms with Gasteiger partial charge in [-0.05, 0) is 50.4 Å². The molecule has 1 aromatic heterocycles. The Bertz CT molecular complexity index is 645. The largest absolute Gasteiger partial charge is 0.380 e. The van der Waals surface area contributed by atoms with Crippen LogP contribution in [0.15, 0.2) is 29.8 Å². The van der Waals surface area contributed by atoms with Crippen LogP contribution in [0.3, 0.4) is 0 Å². The Hall–Kier alpha value is -1.30. The minimum atomic E-state index is -0.169. The van der Waals surface area contributed by atoms with E-state index in [4.69, 9.17) is 4.74 Å². The highest BCUT2D eigenvalue weighted by molar-refractivity contribution is 7.09. The van der Waals surface area contributed by atoms with Crippen LogP contribution in [0.2, 0.25) is 0 Å². The zero-order chi connectivity index (χ0) is 16.2. The summed E-state index contributed by atoms with van der Waals surface area (Å²) in [5.74, 6) is -0.169. The van der Waals surface area contributed by atoms with Crippen molar-refractivity contribution in [2.24, 2.45) is 0 Å². The molecule has 0 spiro atoms. The minimum Gasteiger partial charge on any atom is -0.380 e. The van der Waals surface area contributed by atoms with E-state index in [0.29, 0.717) is 0 Å². The predicted octanol–water partition coefficient (Wildman–Crippen LogP) is 3.81. The first kappa shape index (κ1) is 16.6. The SMILES string of the molecule is CO[C@H]1CCCN(Cc2scnc2C)[C@H]1Cc1cccc(F)c1. The van der Waals surface area contributed by atoms with Gasteiger partial charge in [0.15, 0.2) is 0 Å². The molecule has 1 aliphatic rings. The molecule has 2 heterocycles. The summed E-state index contributed by atoms with van der Waals surface area (Å²) in [7, 11) is 1.78. The maximum Gasteiger partial charge on any atom is 0.123 e. The van der Waals surface area contributed by atoms with E-state index in [-0.39, 0.29) is 18.0 Å². The van der Waals surface area contributed by atoms with Crippen LogP contribution < -0.4 is 0 Å². The average Bonchev–Trinajstić information content (AvgIpc) is 2.94. The van der Waals surface area contributed by atoms with Crippen molar-refractivity contribution in [3.63, 3.8) is 0 Å². The number of aromatic nitrogens is 1. The molecule has 1 saturated heterocycles. The molecule has 2 atom stereocenters. The van der Waals surface area contributed by atoms with E-state index in [1.807, 2.05) is 11.6 Å². The van der Waals surface area contributed by atoms with E-state index in [9.17, 15) is 4.39 Å². The van der Waals surface area contributed by atoms with Gasteiger partial charge in [0, 0.05) is 24.6 Å². The second-order valence-electron chi connectivity index (χ2n) is 6.15. The van der Waals surface area contributed by atoms with Gasteiger partial charge in [0.25, 0.3) is 0 Å². The summed E-state index contributed by atoms with van der Waals surface area (Å²) in [6.07, 6.45) is 3.21. The molecule has 1 aliphatic heterocycles. The van der Waals surface area contributed by atoms with E-state index in [0.717, 1.165) is 43.6 Å². The number of benzene rings is 1. The lowest BCUT2D eigenvalue weighted by Crippen LogP contribution is -2.49. The van der Waals surface area contributed by atoms with Crippen molar-refractivity contribution in [1.29, 1.82) is 0 Å². The Morgan fingerprint density at radius 1 is 1.43 bits per heavy atom. The van der Waals surface area contributed by atoms with Crippen molar-refractivity contribution >= 4 is 11.3 Å². The van der Waals surface area contributed by atoms with Crippen molar-refractivity contribution < 1.29 is 9.13 Å². The van der Waals surface area contributed by atoms with Gasteiger partial charge in [-0.2, -0.15) is 0 Å². The maximum atomic E-state index is 13.5. The molecule has 0 saturated carbocycles. The van der Waals surface area contributed by atoms with Crippen LogP contribution in [0.5, 0.6) is 0 Å². The molecular formula is C18H23FN2OS. The lowest BCUT2D eigenvalue weighted by Gasteiger charge is -2.40. The van der Waals surface area contributed by atoms with Crippen molar-refractivity contribution in [3.05, 3.63) is 51.7 Å². The second-order valence-corrected chi connectivity index (χ2v) is 7.09. The van der Waals surface area contributed by atoms with Gasteiger partial charge in [-0.25, -0.2) is 9.37 Å². The number of aryl methyl sites for hydroxylation is 1. The molecule has 23 heavy (non-hydrogen) atoms. The Morgan fingerprint density at radius 2 is 2.30 bits per heavy atom. The maximum absolute atomic E-state index is 13.5. The number of piperidine rings is 1. The number of halogens is 1. The molecule has 0 amide bonds. The molecule has 0 N–H and O–H groups in total.